The summed E-state index contributed by atoms with van der Waals surface area (Å²) in [6.45, 7) is 0. The summed E-state index contributed by atoms with van der Waals surface area (Å²) in [6.07, 6.45) is 2.99. The largest absolute Gasteiger partial charge is 0.294 e. The van der Waals surface area contributed by atoms with Gasteiger partial charge in [-0.1, -0.05) is 6.07 Å². The molecule has 0 spiro atoms. The molecule has 0 aliphatic rings. The van der Waals surface area contributed by atoms with Crippen LogP contribution in [0, 0.1) is 11.3 Å². The Hall–Kier alpha value is -2.74. The molecule has 0 saturated heterocycles. The van der Waals surface area contributed by atoms with Crippen LogP contribution >= 0.6 is 0 Å². The van der Waals surface area contributed by atoms with Gasteiger partial charge in [-0.05, 0) is 24.3 Å². The van der Waals surface area contributed by atoms with E-state index in [0.717, 1.165) is 0 Å². The van der Waals surface area contributed by atoms with Gasteiger partial charge in [0.15, 0.2) is 0 Å². The van der Waals surface area contributed by atoms with Crippen molar-refractivity contribution in [2.24, 2.45) is 0 Å². The van der Waals surface area contributed by atoms with Crippen molar-refractivity contribution in [3.63, 3.8) is 0 Å². The predicted octanol–water partition coefficient (Wildman–Crippen LogP) is 1.62. The molecule has 2 aromatic heterocycles. The zero-order chi connectivity index (χ0) is 13.0. The quantitative estimate of drug-likeness (QED) is 0.797. The van der Waals surface area contributed by atoms with Crippen LogP contribution in [-0.4, -0.2) is 22.9 Å². The summed E-state index contributed by atoms with van der Waals surface area (Å²) < 4.78 is 0. The lowest BCUT2D eigenvalue weighted by Gasteiger charge is -2.15. The third-order valence-electron chi connectivity index (χ3n) is 2.41. The molecule has 5 nitrogen and oxygen atoms in total. The molecule has 0 radical (unpaired) electrons. The lowest BCUT2D eigenvalue weighted by Crippen LogP contribution is -2.27. The van der Waals surface area contributed by atoms with Gasteiger partial charge in [0, 0.05) is 19.4 Å². The van der Waals surface area contributed by atoms with Crippen LogP contribution in [0.2, 0.25) is 0 Å². The average Bonchev–Trinajstić information content (AvgIpc) is 2.47. The highest BCUT2D eigenvalue weighted by molar-refractivity contribution is 6.03. The Labute approximate surface area is 104 Å². The highest BCUT2D eigenvalue weighted by atomic mass is 16.2. The average molecular weight is 238 g/mol. The number of rotatable bonds is 2. The van der Waals surface area contributed by atoms with E-state index in [1.165, 1.54) is 11.1 Å². The Kier molecular flexibility index (Phi) is 3.30. The number of pyridine rings is 2. The first-order valence-electron chi connectivity index (χ1n) is 5.27. The van der Waals surface area contributed by atoms with Gasteiger partial charge in [0.05, 0.1) is 5.56 Å². The normalized spacial score (nSPS) is 9.56. The smallest absolute Gasteiger partial charge is 0.277 e. The Morgan fingerprint density at radius 2 is 2.11 bits per heavy atom. The lowest BCUT2D eigenvalue weighted by atomic mass is 10.3. The Morgan fingerprint density at radius 3 is 2.67 bits per heavy atom. The van der Waals surface area contributed by atoms with Gasteiger partial charge in [0.1, 0.15) is 17.6 Å². The summed E-state index contributed by atoms with van der Waals surface area (Å²) in [4.78, 5) is 21.5. The Balaban J connectivity index is 2.23. The predicted molar refractivity (Wildman–Crippen MR) is 65.9 cm³/mol. The van der Waals surface area contributed by atoms with Crippen LogP contribution in [0.15, 0.2) is 42.7 Å². The Morgan fingerprint density at radius 1 is 1.28 bits per heavy atom. The van der Waals surface area contributed by atoms with Crippen LogP contribution in [0.5, 0.6) is 0 Å². The molecule has 88 valence electrons. The molecule has 0 aromatic carbocycles. The van der Waals surface area contributed by atoms with Crippen molar-refractivity contribution in [1.82, 2.24) is 9.97 Å². The molecule has 2 heterocycles. The first-order chi connectivity index (χ1) is 8.72. The second-order valence-corrected chi connectivity index (χ2v) is 3.60. The summed E-state index contributed by atoms with van der Waals surface area (Å²) in [6, 6.07) is 10.4. The van der Waals surface area contributed by atoms with Crippen LogP contribution < -0.4 is 4.90 Å². The molecule has 0 aliphatic carbocycles. The molecule has 0 bridgehead atoms. The van der Waals surface area contributed by atoms with Crippen LogP contribution in [0.3, 0.4) is 0 Å². The zero-order valence-electron chi connectivity index (χ0n) is 9.74. The zero-order valence-corrected chi connectivity index (χ0v) is 9.74. The molecule has 5 heteroatoms. The fraction of sp³-hybridized carbons (Fsp3) is 0.0769. The monoisotopic (exact) mass is 238 g/mol. The van der Waals surface area contributed by atoms with Crippen molar-refractivity contribution in [3.05, 3.63) is 54.0 Å². The van der Waals surface area contributed by atoms with Gasteiger partial charge in [-0.25, -0.2) is 4.98 Å². The highest BCUT2D eigenvalue weighted by Gasteiger charge is 2.15. The van der Waals surface area contributed by atoms with E-state index in [1.54, 1.807) is 43.6 Å². The number of hydrogen-bond acceptors (Lipinski definition) is 4. The van der Waals surface area contributed by atoms with Crippen LogP contribution in [-0.2, 0) is 0 Å². The molecular weight excluding hydrogens is 228 g/mol. The molecule has 0 atom stereocenters. The number of carbonyl (C=O) groups excluding carboxylic acids is 1. The fourth-order valence-corrected chi connectivity index (χ4v) is 1.42. The maximum atomic E-state index is 12.1. The van der Waals surface area contributed by atoms with Crippen molar-refractivity contribution in [2.75, 3.05) is 11.9 Å². The molecule has 2 rings (SSSR count). The highest BCUT2D eigenvalue weighted by Crippen LogP contribution is 2.11. The van der Waals surface area contributed by atoms with E-state index in [-0.39, 0.29) is 5.91 Å². The molecule has 0 fully saturated rings. The number of nitriles is 1. The number of amides is 1. The lowest BCUT2D eigenvalue weighted by molar-refractivity contribution is 0.0987. The van der Waals surface area contributed by atoms with E-state index in [9.17, 15) is 4.79 Å². The van der Waals surface area contributed by atoms with Crippen LogP contribution in [0.1, 0.15) is 16.1 Å². The summed E-state index contributed by atoms with van der Waals surface area (Å²) in [5.41, 5.74) is 0.809. The number of anilines is 1. The third-order valence-corrected chi connectivity index (χ3v) is 2.41. The fourth-order valence-electron chi connectivity index (χ4n) is 1.42. The molecule has 1 amide bonds. The second-order valence-electron chi connectivity index (χ2n) is 3.60. The van der Waals surface area contributed by atoms with E-state index in [2.05, 4.69) is 9.97 Å². The van der Waals surface area contributed by atoms with Gasteiger partial charge in [-0.15, -0.1) is 0 Å². The van der Waals surface area contributed by atoms with Crippen molar-refractivity contribution in [3.8, 4) is 6.07 Å². The second kappa shape index (κ2) is 5.06. The molecule has 18 heavy (non-hydrogen) atoms. The van der Waals surface area contributed by atoms with E-state index in [4.69, 9.17) is 5.26 Å². The van der Waals surface area contributed by atoms with E-state index in [0.29, 0.717) is 17.1 Å². The summed E-state index contributed by atoms with van der Waals surface area (Å²) in [5.74, 6) is 0.234. The maximum absolute atomic E-state index is 12.1. The first-order valence-corrected chi connectivity index (χ1v) is 5.27. The number of carbonyl (C=O) groups is 1. The van der Waals surface area contributed by atoms with Crippen molar-refractivity contribution >= 4 is 11.7 Å². The minimum absolute atomic E-state index is 0.243. The molecule has 0 saturated carbocycles. The molecule has 0 unspecified atom stereocenters. The van der Waals surface area contributed by atoms with Gasteiger partial charge in [0.25, 0.3) is 5.91 Å². The third kappa shape index (κ3) is 2.33. The molecule has 0 aliphatic heterocycles. The van der Waals surface area contributed by atoms with Crippen LogP contribution in [0.4, 0.5) is 5.82 Å². The van der Waals surface area contributed by atoms with Gasteiger partial charge in [0.2, 0.25) is 0 Å². The minimum atomic E-state index is -0.243. The van der Waals surface area contributed by atoms with Gasteiger partial charge in [-0.3, -0.25) is 14.7 Å². The number of aromatic nitrogens is 2. The summed E-state index contributed by atoms with van der Waals surface area (Å²) >= 11 is 0. The van der Waals surface area contributed by atoms with Crippen molar-refractivity contribution in [2.45, 2.75) is 0 Å². The topological polar surface area (TPSA) is 69.9 Å². The first kappa shape index (κ1) is 11.7. The summed E-state index contributed by atoms with van der Waals surface area (Å²) in [7, 11) is 1.62. The standard InChI is InChI=1S/C13H10N4O/c1-17(12-6-5-10(8-14)9-16-12)13(18)11-4-2-3-7-15-11/h2-7,9H,1H3. The summed E-state index contributed by atoms with van der Waals surface area (Å²) in [5, 5.41) is 8.67. The SMILES string of the molecule is CN(C(=O)c1ccccn1)c1ccc(C#N)cn1. The van der Waals surface area contributed by atoms with E-state index >= 15 is 0 Å². The van der Waals surface area contributed by atoms with E-state index < -0.39 is 0 Å². The van der Waals surface area contributed by atoms with Crippen molar-refractivity contribution in [1.29, 1.82) is 5.26 Å². The van der Waals surface area contributed by atoms with Crippen molar-refractivity contribution < 1.29 is 4.79 Å². The van der Waals surface area contributed by atoms with E-state index in [1.807, 2.05) is 6.07 Å². The molecule has 0 N–H and O–H groups in total. The van der Waals surface area contributed by atoms with Gasteiger partial charge in [-0.2, -0.15) is 5.26 Å². The minimum Gasteiger partial charge on any atom is -0.294 e. The number of hydrogen-bond donors (Lipinski definition) is 0. The molecule has 2 aromatic rings. The Bertz CT molecular complexity index is 587. The van der Waals surface area contributed by atoms with Crippen LogP contribution in [0.25, 0.3) is 0 Å². The van der Waals surface area contributed by atoms with Gasteiger partial charge >= 0.3 is 0 Å². The number of nitrogens with zero attached hydrogens (tertiary/aromatic N) is 4. The maximum Gasteiger partial charge on any atom is 0.277 e. The van der Waals surface area contributed by atoms with Gasteiger partial charge < -0.3 is 0 Å². The molecular formula is C13H10N4O.